The smallest absolute Gasteiger partial charge is 0.158 e. The minimum absolute atomic E-state index is 0.284. The lowest BCUT2D eigenvalue weighted by molar-refractivity contribution is -0.632. The second-order valence-corrected chi connectivity index (χ2v) is 8.11. The molecule has 0 aromatic heterocycles. The van der Waals surface area contributed by atoms with Gasteiger partial charge in [0.1, 0.15) is 0 Å². The quantitative estimate of drug-likeness (QED) is 0.553. The highest BCUT2D eigenvalue weighted by Gasteiger charge is 2.45. The fourth-order valence-electron chi connectivity index (χ4n) is 3.92. The summed E-state index contributed by atoms with van der Waals surface area (Å²) in [5, 5.41) is 0. The molecule has 1 nitrogen and oxygen atoms in total. The largest absolute Gasteiger partial charge is 0.230 e. The lowest BCUT2D eigenvalue weighted by atomic mass is 9.84. The van der Waals surface area contributed by atoms with Crippen molar-refractivity contribution in [2.75, 3.05) is 0 Å². The second kappa shape index (κ2) is 4.10. The summed E-state index contributed by atoms with van der Waals surface area (Å²) in [6.07, 6.45) is 7.07. The van der Waals surface area contributed by atoms with E-state index in [1.807, 2.05) is 0 Å². The Kier molecular flexibility index (Phi) is 3.16. The van der Waals surface area contributed by atoms with Gasteiger partial charge in [0.15, 0.2) is 17.3 Å². The maximum absolute atomic E-state index is 2.79. The maximum Gasteiger partial charge on any atom is 0.158 e. The van der Waals surface area contributed by atoms with Crippen LogP contribution in [0.5, 0.6) is 0 Å². The molecule has 0 saturated heterocycles. The molecule has 17 heavy (non-hydrogen) atoms. The Morgan fingerprint density at radius 2 is 1.59 bits per heavy atom. The molecular weight excluding hydrogens is 206 g/mol. The van der Waals surface area contributed by atoms with E-state index in [0.29, 0.717) is 5.41 Å². The Bertz CT molecular complexity index is 324. The Labute approximate surface area is 107 Å². The summed E-state index contributed by atoms with van der Waals surface area (Å²) in [5.41, 5.74) is 2.32. The highest BCUT2D eigenvalue weighted by molar-refractivity contribution is 5.85. The molecule has 0 spiro atoms. The van der Waals surface area contributed by atoms with Crippen molar-refractivity contribution in [1.29, 1.82) is 0 Å². The van der Waals surface area contributed by atoms with E-state index in [2.05, 4.69) is 46.1 Å². The van der Waals surface area contributed by atoms with Gasteiger partial charge in [-0.25, -0.2) is 4.58 Å². The molecule has 1 aliphatic heterocycles. The van der Waals surface area contributed by atoms with Crippen LogP contribution in [0.1, 0.15) is 73.6 Å². The molecule has 1 saturated carbocycles. The zero-order valence-electron chi connectivity index (χ0n) is 12.6. The molecule has 0 aromatic carbocycles. The van der Waals surface area contributed by atoms with Crippen molar-refractivity contribution in [3.63, 3.8) is 0 Å². The summed E-state index contributed by atoms with van der Waals surface area (Å²) < 4.78 is 2.79. The molecule has 0 amide bonds. The van der Waals surface area contributed by atoms with Crippen LogP contribution in [0.25, 0.3) is 0 Å². The molecule has 1 heterocycles. The molecule has 2 bridgehead atoms. The van der Waals surface area contributed by atoms with Gasteiger partial charge in [0.25, 0.3) is 0 Å². The van der Waals surface area contributed by atoms with Crippen molar-refractivity contribution < 1.29 is 4.58 Å². The third-order valence-corrected chi connectivity index (χ3v) is 4.55. The first kappa shape index (κ1) is 13.1. The van der Waals surface area contributed by atoms with Gasteiger partial charge < -0.3 is 0 Å². The van der Waals surface area contributed by atoms with Gasteiger partial charge in [0.2, 0.25) is 0 Å². The van der Waals surface area contributed by atoms with Crippen molar-refractivity contribution in [3.05, 3.63) is 0 Å². The lowest BCUT2D eigenvalue weighted by Crippen LogP contribution is -2.46. The number of fused-ring (bicyclic) bond motifs is 2. The van der Waals surface area contributed by atoms with E-state index in [1.165, 1.54) is 32.1 Å². The van der Waals surface area contributed by atoms with E-state index in [4.69, 9.17) is 0 Å². The fourth-order valence-corrected chi connectivity index (χ4v) is 3.92. The standard InChI is InChI=1S/C16H30N/c1-15(2,3)14-10-8-12-7-9-13(11-12)17(14)16(4,5)6/h12-13H,7-11H2,1-6H3/q+1. The molecule has 2 rings (SSSR count). The zero-order valence-corrected chi connectivity index (χ0v) is 12.6. The van der Waals surface area contributed by atoms with E-state index >= 15 is 0 Å². The van der Waals surface area contributed by atoms with Gasteiger partial charge in [-0.3, -0.25) is 0 Å². The van der Waals surface area contributed by atoms with Crippen LogP contribution in [-0.2, 0) is 0 Å². The van der Waals surface area contributed by atoms with Crippen molar-refractivity contribution in [2.45, 2.75) is 85.2 Å². The summed E-state index contributed by atoms with van der Waals surface area (Å²) in [4.78, 5) is 0. The Hall–Kier alpha value is -0.330. The molecule has 1 heteroatoms. The van der Waals surface area contributed by atoms with Gasteiger partial charge in [0, 0.05) is 24.7 Å². The summed E-state index contributed by atoms with van der Waals surface area (Å²) in [5.74, 6) is 1.00. The molecule has 0 radical (unpaired) electrons. The van der Waals surface area contributed by atoms with Crippen molar-refractivity contribution in [2.24, 2.45) is 11.3 Å². The molecule has 0 N–H and O–H groups in total. The number of nitrogens with zero attached hydrogens (tertiary/aromatic N) is 1. The van der Waals surface area contributed by atoms with Crippen molar-refractivity contribution >= 4 is 5.71 Å². The monoisotopic (exact) mass is 236 g/mol. The second-order valence-electron chi connectivity index (χ2n) is 8.11. The molecule has 2 aliphatic rings. The summed E-state index contributed by atoms with van der Waals surface area (Å²) in [6, 6.07) is 0.816. The molecular formula is C16H30N+. The minimum Gasteiger partial charge on any atom is -0.230 e. The molecule has 98 valence electrons. The first-order chi connectivity index (χ1) is 7.69. The van der Waals surface area contributed by atoms with Gasteiger partial charge >= 0.3 is 0 Å². The highest BCUT2D eigenvalue weighted by Crippen LogP contribution is 2.39. The van der Waals surface area contributed by atoms with Gasteiger partial charge in [-0.2, -0.15) is 0 Å². The topological polar surface area (TPSA) is 3.01 Å². The Morgan fingerprint density at radius 3 is 2.12 bits per heavy atom. The van der Waals surface area contributed by atoms with Crippen LogP contribution < -0.4 is 0 Å². The van der Waals surface area contributed by atoms with Crippen LogP contribution in [0.3, 0.4) is 0 Å². The third kappa shape index (κ3) is 2.58. The average molecular weight is 236 g/mol. The summed E-state index contributed by atoms with van der Waals surface area (Å²) in [7, 11) is 0. The van der Waals surface area contributed by atoms with Crippen LogP contribution in [0, 0.1) is 11.3 Å². The first-order valence-electron chi connectivity index (χ1n) is 7.35. The Morgan fingerprint density at radius 1 is 0.941 bits per heavy atom. The van der Waals surface area contributed by atoms with Crippen molar-refractivity contribution in [1.82, 2.24) is 0 Å². The number of rotatable bonds is 0. The molecule has 1 fully saturated rings. The van der Waals surface area contributed by atoms with Crippen molar-refractivity contribution in [3.8, 4) is 0 Å². The average Bonchev–Trinajstić information content (AvgIpc) is 2.41. The number of hydrogen-bond donors (Lipinski definition) is 0. The van der Waals surface area contributed by atoms with Crippen LogP contribution in [0.4, 0.5) is 0 Å². The summed E-state index contributed by atoms with van der Waals surface area (Å²) >= 11 is 0. The minimum atomic E-state index is 0.284. The molecule has 0 aromatic rings. The van der Waals surface area contributed by atoms with Gasteiger partial charge in [-0.05, 0) is 39.5 Å². The molecule has 1 aliphatic carbocycles. The normalized spacial score (nSPS) is 30.7. The first-order valence-corrected chi connectivity index (χ1v) is 7.35. The number of hydrogen-bond acceptors (Lipinski definition) is 0. The van der Waals surface area contributed by atoms with E-state index in [1.54, 1.807) is 5.71 Å². The van der Waals surface area contributed by atoms with E-state index in [0.717, 1.165) is 12.0 Å². The van der Waals surface area contributed by atoms with Crippen LogP contribution in [0.2, 0.25) is 0 Å². The van der Waals surface area contributed by atoms with Gasteiger partial charge in [-0.1, -0.05) is 20.8 Å². The van der Waals surface area contributed by atoms with Crippen LogP contribution in [-0.4, -0.2) is 21.9 Å². The van der Waals surface area contributed by atoms with Crippen LogP contribution in [0.15, 0.2) is 0 Å². The van der Waals surface area contributed by atoms with Crippen LogP contribution >= 0.6 is 0 Å². The van der Waals surface area contributed by atoms with E-state index in [9.17, 15) is 0 Å². The maximum atomic E-state index is 2.79. The zero-order chi connectivity index (χ0) is 12.8. The van der Waals surface area contributed by atoms with E-state index < -0.39 is 0 Å². The van der Waals surface area contributed by atoms with Gasteiger partial charge in [-0.15, -0.1) is 0 Å². The predicted molar refractivity (Wildman–Crippen MR) is 74.8 cm³/mol. The highest BCUT2D eigenvalue weighted by atomic mass is 15.1. The SMILES string of the molecule is CC(C)(C)C1=[N+](C(C)(C)C)C2CCC(CC1)C2. The lowest BCUT2D eigenvalue weighted by Gasteiger charge is -2.30. The Balaban J connectivity index is 2.48. The third-order valence-electron chi connectivity index (χ3n) is 4.55. The fraction of sp³-hybridized carbons (Fsp3) is 0.938. The molecule has 2 unspecified atom stereocenters. The van der Waals surface area contributed by atoms with E-state index in [-0.39, 0.29) is 5.54 Å². The van der Waals surface area contributed by atoms with Gasteiger partial charge in [0.05, 0.1) is 0 Å². The predicted octanol–water partition coefficient (Wildman–Crippen LogP) is 4.25. The summed E-state index contributed by atoms with van der Waals surface area (Å²) in [6.45, 7) is 14.3. The molecule has 2 atom stereocenters.